The lowest BCUT2D eigenvalue weighted by Gasteiger charge is -2.52. The van der Waals surface area contributed by atoms with E-state index in [1.54, 1.807) is 0 Å². The molecule has 1 aromatic heterocycles. The maximum Gasteiger partial charge on any atom is 0.289 e. The highest BCUT2D eigenvalue weighted by molar-refractivity contribution is 5.69. The Hall–Kier alpha value is -1.83. The first-order valence-corrected chi connectivity index (χ1v) is 7.02. The molecule has 1 aliphatic carbocycles. The molecule has 2 heterocycles. The summed E-state index contributed by atoms with van der Waals surface area (Å²) >= 11 is 0. The molecule has 0 fully saturated rings. The molecule has 0 spiro atoms. The molecule has 2 atom stereocenters. The zero-order valence-electron chi connectivity index (χ0n) is 11.7. The van der Waals surface area contributed by atoms with Crippen LogP contribution in [-0.2, 0) is 18.0 Å². The maximum absolute atomic E-state index is 2.44. The summed E-state index contributed by atoms with van der Waals surface area (Å²) < 4.78 is 4.68. The second-order valence-corrected chi connectivity index (χ2v) is 5.95. The second-order valence-electron chi connectivity index (χ2n) is 5.95. The van der Waals surface area contributed by atoms with Crippen LogP contribution in [0, 0.1) is 0 Å². The van der Waals surface area contributed by atoms with Crippen molar-refractivity contribution in [1.29, 1.82) is 0 Å². The van der Waals surface area contributed by atoms with E-state index in [0.29, 0.717) is 0 Å². The highest BCUT2D eigenvalue weighted by Crippen LogP contribution is 2.58. The summed E-state index contributed by atoms with van der Waals surface area (Å²) in [6.07, 6.45) is 10.3. The van der Waals surface area contributed by atoms with Crippen molar-refractivity contribution in [3.05, 3.63) is 54.4 Å². The van der Waals surface area contributed by atoms with E-state index in [1.807, 2.05) is 0 Å². The molecular formula is C17H19N2+. The number of fused-ring (bicyclic) bond motifs is 6. The van der Waals surface area contributed by atoms with E-state index in [4.69, 9.17) is 0 Å². The van der Waals surface area contributed by atoms with Crippen molar-refractivity contribution in [2.45, 2.75) is 31.2 Å². The van der Waals surface area contributed by atoms with Gasteiger partial charge in [-0.25, -0.2) is 9.13 Å². The van der Waals surface area contributed by atoms with Crippen LogP contribution >= 0.6 is 0 Å². The zero-order chi connectivity index (χ0) is 13.3. The summed E-state index contributed by atoms with van der Waals surface area (Å²) in [4.78, 5) is 0. The number of hydrogen-bond donors (Lipinski definition) is 0. The molecule has 2 nitrogen and oxygen atoms in total. The number of rotatable bonds is 1. The van der Waals surface area contributed by atoms with E-state index >= 15 is 0 Å². The normalized spacial score (nSPS) is 30.3. The Morgan fingerprint density at radius 3 is 2.68 bits per heavy atom. The first-order chi connectivity index (χ1) is 9.14. The van der Waals surface area contributed by atoms with E-state index in [2.05, 4.69) is 78.8 Å². The zero-order valence-corrected chi connectivity index (χ0v) is 11.7. The first kappa shape index (κ1) is 11.0. The Morgan fingerprint density at radius 2 is 2.00 bits per heavy atom. The van der Waals surface area contributed by atoms with Gasteiger partial charge in [0.15, 0.2) is 0 Å². The Labute approximate surface area is 114 Å². The summed E-state index contributed by atoms with van der Waals surface area (Å²) in [6, 6.07) is 8.87. The molecule has 19 heavy (non-hydrogen) atoms. The predicted molar refractivity (Wildman–Crippen MR) is 75.8 cm³/mol. The molecule has 0 N–H and O–H groups in total. The van der Waals surface area contributed by atoms with Gasteiger partial charge in [0.05, 0.1) is 18.0 Å². The number of nitrogens with zero attached hydrogens (tertiary/aromatic N) is 2. The van der Waals surface area contributed by atoms with Gasteiger partial charge in [-0.15, -0.1) is 0 Å². The number of benzene rings is 1. The minimum Gasteiger partial charge on any atom is -0.233 e. The topological polar surface area (TPSA) is 8.81 Å². The van der Waals surface area contributed by atoms with Gasteiger partial charge in [-0.3, -0.25) is 0 Å². The molecule has 0 saturated heterocycles. The third-order valence-electron chi connectivity index (χ3n) is 5.30. The molecule has 4 rings (SSSR count). The lowest BCUT2D eigenvalue weighted by molar-refractivity contribution is -0.660. The molecule has 1 aliphatic heterocycles. The molecule has 1 aromatic carbocycles. The SMILES string of the molecule is CCC12C=CC1(C)n1cc[n+](C)c1-c1ccccc12. The third-order valence-corrected chi connectivity index (χ3v) is 5.30. The Kier molecular flexibility index (Phi) is 1.85. The fourth-order valence-corrected chi connectivity index (χ4v) is 4.09. The third kappa shape index (κ3) is 0.993. The standard InChI is InChI=1S/C17H19N2/c1-4-17-10-9-16(17,2)19-12-11-18(3)15(19)13-7-5-6-8-14(13)17/h5-12H,4H2,1-3H3/q+1. The second kappa shape index (κ2) is 3.19. The first-order valence-electron chi connectivity index (χ1n) is 7.02. The quantitative estimate of drug-likeness (QED) is 0.544. The predicted octanol–water partition coefficient (Wildman–Crippen LogP) is 2.93. The Bertz CT molecular complexity index is 710. The van der Waals surface area contributed by atoms with Crippen LogP contribution in [0.1, 0.15) is 25.8 Å². The molecule has 0 radical (unpaired) electrons. The monoisotopic (exact) mass is 251 g/mol. The molecule has 2 aromatic rings. The van der Waals surface area contributed by atoms with Crippen molar-refractivity contribution in [3.63, 3.8) is 0 Å². The smallest absolute Gasteiger partial charge is 0.233 e. The van der Waals surface area contributed by atoms with Crippen molar-refractivity contribution in [1.82, 2.24) is 4.57 Å². The summed E-state index contributed by atoms with van der Waals surface area (Å²) in [7, 11) is 2.13. The van der Waals surface area contributed by atoms with Gasteiger partial charge in [-0.05, 0) is 31.1 Å². The van der Waals surface area contributed by atoms with Crippen LogP contribution in [0.2, 0.25) is 0 Å². The van der Waals surface area contributed by atoms with Crippen LogP contribution in [0.5, 0.6) is 0 Å². The molecule has 2 aliphatic rings. The van der Waals surface area contributed by atoms with E-state index in [9.17, 15) is 0 Å². The van der Waals surface area contributed by atoms with E-state index in [1.165, 1.54) is 17.0 Å². The Morgan fingerprint density at radius 1 is 1.21 bits per heavy atom. The molecule has 2 unspecified atom stereocenters. The van der Waals surface area contributed by atoms with E-state index < -0.39 is 0 Å². The minimum atomic E-state index is 0.0761. The van der Waals surface area contributed by atoms with Crippen LogP contribution < -0.4 is 4.57 Å². The summed E-state index contributed by atoms with van der Waals surface area (Å²) in [5.41, 5.74) is 3.08. The van der Waals surface area contributed by atoms with Gasteiger partial charge in [0, 0.05) is 0 Å². The molecule has 96 valence electrons. The van der Waals surface area contributed by atoms with Crippen molar-refractivity contribution >= 4 is 0 Å². The van der Waals surface area contributed by atoms with Crippen LogP contribution in [0.25, 0.3) is 11.4 Å². The number of imidazole rings is 1. The number of aromatic nitrogens is 2. The van der Waals surface area contributed by atoms with Gasteiger partial charge >= 0.3 is 0 Å². The van der Waals surface area contributed by atoms with Gasteiger partial charge in [0.1, 0.15) is 17.9 Å². The molecule has 2 heteroatoms. The highest BCUT2D eigenvalue weighted by atomic mass is 15.2. The van der Waals surface area contributed by atoms with Crippen LogP contribution in [0.3, 0.4) is 0 Å². The maximum atomic E-state index is 2.44. The van der Waals surface area contributed by atoms with Gasteiger partial charge in [-0.2, -0.15) is 0 Å². The van der Waals surface area contributed by atoms with Crippen LogP contribution in [0.15, 0.2) is 48.8 Å². The lowest BCUT2D eigenvalue weighted by atomic mass is 9.54. The van der Waals surface area contributed by atoms with Gasteiger partial charge in [0.2, 0.25) is 0 Å². The summed E-state index contributed by atoms with van der Waals surface area (Å²) in [5.74, 6) is 1.31. The fraction of sp³-hybridized carbons (Fsp3) is 0.353. The van der Waals surface area contributed by atoms with Crippen LogP contribution in [-0.4, -0.2) is 4.57 Å². The largest absolute Gasteiger partial charge is 0.289 e. The molecule has 0 saturated carbocycles. The fourth-order valence-electron chi connectivity index (χ4n) is 4.09. The van der Waals surface area contributed by atoms with Crippen molar-refractivity contribution in [2.75, 3.05) is 0 Å². The Balaban J connectivity index is 2.16. The van der Waals surface area contributed by atoms with Gasteiger partial charge in [-0.1, -0.05) is 31.2 Å². The van der Waals surface area contributed by atoms with Crippen LogP contribution in [0.4, 0.5) is 0 Å². The molecular weight excluding hydrogens is 232 g/mol. The van der Waals surface area contributed by atoms with E-state index in [-0.39, 0.29) is 11.0 Å². The molecule has 0 amide bonds. The summed E-state index contributed by atoms with van der Waals surface area (Å²) in [5, 5.41) is 0. The highest BCUT2D eigenvalue weighted by Gasteiger charge is 2.60. The number of allylic oxidation sites excluding steroid dienone is 2. The lowest BCUT2D eigenvalue weighted by Crippen LogP contribution is -2.57. The average molecular weight is 251 g/mol. The summed E-state index contributed by atoms with van der Waals surface area (Å²) in [6.45, 7) is 4.66. The average Bonchev–Trinajstić information content (AvgIpc) is 2.80. The minimum absolute atomic E-state index is 0.0761. The molecule has 0 bridgehead atoms. The van der Waals surface area contributed by atoms with Gasteiger partial charge < -0.3 is 0 Å². The number of aryl methyl sites for hydroxylation is 1. The van der Waals surface area contributed by atoms with Crippen molar-refractivity contribution < 1.29 is 4.57 Å². The van der Waals surface area contributed by atoms with Crippen molar-refractivity contribution in [2.24, 2.45) is 7.05 Å². The van der Waals surface area contributed by atoms with Crippen molar-refractivity contribution in [3.8, 4) is 11.4 Å². The number of hydrogen-bond acceptors (Lipinski definition) is 0. The van der Waals surface area contributed by atoms with E-state index in [0.717, 1.165) is 6.42 Å². The van der Waals surface area contributed by atoms with Gasteiger partial charge in [0.25, 0.3) is 5.82 Å².